The molecule has 7 heteroatoms. The van der Waals surface area contributed by atoms with Gasteiger partial charge in [0.25, 0.3) is 0 Å². The molecule has 4 nitrogen and oxygen atoms in total. The minimum absolute atomic E-state index is 0.155. The van der Waals surface area contributed by atoms with Gasteiger partial charge in [-0.15, -0.1) is 0 Å². The minimum Gasteiger partial charge on any atom is -0.389 e. The van der Waals surface area contributed by atoms with Crippen LogP contribution in [-0.4, -0.2) is 25.7 Å². The summed E-state index contributed by atoms with van der Waals surface area (Å²) in [7, 11) is -4.05. The second-order valence-electron chi connectivity index (χ2n) is 5.86. The van der Waals surface area contributed by atoms with Gasteiger partial charge in [-0.1, -0.05) is 19.8 Å². The Kier molecular flexibility index (Phi) is 4.65. The molecule has 2 unspecified atom stereocenters. The summed E-state index contributed by atoms with van der Waals surface area (Å²) in [5, 5.41) is 10.4. The Bertz CT molecular complexity index is 600. The molecular formula is C14H19F2NO3S. The molecule has 2 rings (SSSR count). The van der Waals surface area contributed by atoms with E-state index < -0.39 is 32.2 Å². The van der Waals surface area contributed by atoms with Gasteiger partial charge in [-0.25, -0.2) is 21.9 Å². The number of sulfonamides is 1. The predicted molar refractivity (Wildman–Crippen MR) is 74.1 cm³/mol. The largest absolute Gasteiger partial charge is 0.389 e. The van der Waals surface area contributed by atoms with Gasteiger partial charge >= 0.3 is 0 Å². The third-order valence-electron chi connectivity index (χ3n) is 3.81. The average molecular weight is 319 g/mol. The van der Waals surface area contributed by atoms with Crippen LogP contribution in [0.2, 0.25) is 0 Å². The summed E-state index contributed by atoms with van der Waals surface area (Å²) in [4.78, 5) is -0.479. The number of hydrogen-bond acceptors (Lipinski definition) is 3. The lowest BCUT2D eigenvalue weighted by atomic mass is 9.79. The average Bonchev–Trinajstić information content (AvgIpc) is 2.35. The smallest absolute Gasteiger partial charge is 0.240 e. The lowest BCUT2D eigenvalue weighted by Gasteiger charge is -2.35. The molecule has 0 aliphatic heterocycles. The normalized spacial score (nSPS) is 26.8. The summed E-state index contributed by atoms with van der Waals surface area (Å²) in [6, 6.07) is 2.10. The van der Waals surface area contributed by atoms with Crippen LogP contribution >= 0.6 is 0 Å². The van der Waals surface area contributed by atoms with Gasteiger partial charge in [0.15, 0.2) is 0 Å². The van der Waals surface area contributed by atoms with Crippen LogP contribution in [0.1, 0.15) is 32.6 Å². The van der Waals surface area contributed by atoms with Crippen LogP contribution in [0.4, 0.5) is 8.78 Å². The topological polar surface area (TPSA) is 66.4 Å². The van der Waals surface area contributed by atoms with Crippen molar-refractivity contribution in [2.45, 2.75) is 43.1 Å². The van der Waals surface area contributed by atoms with Gasteiger partial charge in [-0.2, -0.15) is 0 Å². The molecule has 0 heterocycles. The van der Waals surface area contributed by atoms with Gasteiger partial charge in [-0.3, -0.25) is 0 Å². The van der Waals surface area contributed by atoms with E-state index in [1.54, 1.807) is 0 Å². The molecule has 0 bridgehead atoms. The highest BCUT2D eigenvalue weighted by atomic mass is 32.2. The second kappa shape index (κ2) is 5.98. The summed E-state index contributed by atoms with van der Waals surface area (Å²) in [6.07, 6.45) is 2.85. The number of rotatable bonds is 4. The van der Waals surface area contributed by atoms with Crippen molar-refractivity contribution < 1.29 is 22.3 Å². The number of halogens is 2. The molecule has 1 aromatic carbocycles. The van der Waals surface area contributed by atoms with Crippen molar-refractivity contribution in [3.63, 3.8) is 0 Å². The van der Waals surface area contributed by atoms with Crippen LogP contribution < -0.4 is 4.72 Å². The van der Waals surface area contributed by atoms with Crippen molar-refractivity contribution in [2.24, 2.45) is 5.92 Å². The SMILES string of the molecule is CC1CCCC(O)(CNS(=O)(=O)c2cc(F)cc(F)c2)C1. The van der Waals surface area contributed by atoms with Crippen LogP contribution in [0.5, 0.6) is 0 Å². The van der Waals surface area contributed by atoms with E-state index in [1.807, 2.05) is 6.92 Å². The first-order chi connectivity index (χ1) is 9.70. The van der Waals surface area contributed by atoms with E-state index in [4.69, 9.17) is 0 Å². The molecule has 0 saturated heterocycles. The van der Waals surface area contributed by atoms with Crippen LogP contribution in [0.3, 0.4) is 0 Å². The van der Waals surface area contributed by atoms with Gasteiger partial charge in [-0.05, 0) is 30.9 Å². The number of aliphatic hydroxyl groups is 1. The lowest BCUT2D eigenvalue weighted by Crippen LogP contribution is -2.45. The molecule has 0 amide bonds. The second-order valence-corrected chi connectivity index (χ2v) is 7.62. The van der Waals surface area contributed by atoms with Crippen molar-refractivity contribution in [1.82, 2.24) is 4.72 Å². The summed E-state index contributed by atoms with van der Waals surface area (Å²) in [6.45, 7) is 1.85. The molecule has 21 heavy (non-hydrogen) atoms. The highest BCUT2D eigenvalue weighted by Gasteiger charge is 2.34. The van der Waals surface area contributed by atoms with E-state index in [-0.39, 0.29) is 6.54 Å². The first-order valence-electron chi connectivity index (χ1n) is 6.88. The van der Waals surface area contributed by atoms with Crippen LogP contribution in [0.25, 0.3) is 0 Å². The monoisotopic (exact) mass is 319 g/mol. The van der Waals surface area contributed by atoms with E-state index in [0.29, 0.717) is 24.8 Å². The molecule has 118 valence electrons. The molecule has 1 aliphatic rings. The Hall–Kier alpha value is -1.05. The van der Waals surface area contributed by atoms with Gasteiger partial charge in [0.2, 0.25) is 10.0 Å². The summed E-state index contributed by atoms with van der Waals surface area (Å²) in [5.41, 5.74) is -1.10. The summed E-state index contributed by atoms with van der Waals surface area (Å²) in [5.74, 6) is -1.60. The Labute approximate surface area is 123 Å². The fourth-order valence-corrected chi connectivity index (χ4v) is 3.95. The van der Waals surface area contributed by atoms with Gasteiger partial charge in [0, 0.05) is 12.6 Å². The van der Waals surface area contributed by atoms with Crippen molar-refractivity contribution in [3.05, 3.63) is 29.8 Å². The van der Waals surface area contributed by atoms with Crippen LogP contribution in [0, 0.1) is 17.6 Å². The maximum atomic E-state index is 13.1. The first-order valence-corrected chi connectivity index (χ1v) is 8.37. The zero-order valence-electron chi connectivity index (χ0n) is 11.8. The fraction of sp³-hybridized carbons (Fsp3) is 0.571. The molecule has 0 spiro atoms. The highest BCUT2D eigenvalue weighted by Crippen LogP contribution is 2.32. The summed E-state index contributed by atoms with van der Waals surface area (Å²) < 4.78 is 52.5. The summed E-state index contributed by atoms with van der Waals surface area (Å²) >= 11 is 0. The van der Waals surface area contributed by atoms with E-state index in [0.717, 1.165) is 25.0 Å². The van der Waals surface area contributed by atoms with Gasteiger partial charge < -0.3 is 5.11 Å². The van der Waals surface area contributed by atoms with Gasteiger partial charge in [0.1, 0.15) is 11.6 Å². The molecule has 1 aliphatic carbocycles. The predicted octanol–water partition coefficient (Wildman–Crippen LogP) is 2.18. The van der Waals surface area contributed by atoms with E-state index >= 15 is 0 Å². The number of benzene rings is 1. The minimum atomic E-state index is -4.05. The van der Waals surface area contributed by atoms with E-state index in [2.05, 4.69) is 4.72 Å². The van der Waals surface area contributed by atoms with Crippen LogP contribution in [-0.2, 0) is 10.0 Å². The first kappa shape index (κ1) is 16.3. The lowest BCUT2D eigenvalue weighted by molar-refractivity contribution is -0.00751. The Morgan fingerprint density at radius 2 is 1.95 bits per heavy atom. The molecule has 1 saturated carbocycles. The third-order valence-corrected chi connectivity index (χ3v) is 5.19. The Balaban J connectivity index is 2.11. The molecule has 1 aromatic rings. The standard InChI is InChI=1S/C14H19F2NO3S/c1-10-3-2-4-14(18,8-10)9-17-21(19,20)13-6-11(15)5-12(16)7-13/h5-7,10,17-18H,2-4,8-9H2,1H3. The van der Waals surface area contributed by atoms with Crippen molar-refractivity contribution in [3.8, 4) is 0 Å². The van der Waals surface area contributed by atoms with E-state index in [1.165, 1.54) is 0 Å². The molecule has 2 atom stereocenters. The zero-order valence-corrected chi connectivity index (χ0v) is 12.6. The maximum Gasteiger partial charge on any atom is 0.240 e. The quantitative estimate of drug-likeness (QED) is 0.894. The molecule has 0 radical (unpaired) electrons. The number of hydrogen-bond donors (Lipinski definition) is 2. The van der Waals surface area contributed by atoms with Crippen molar-refractivity contribution in [1.29, 1.82) is 0 Å². The highest BCUT2D eigenvalue weighted by molar-refractivity contribution is 7.89. The van der Waals surface area contributed by atoms with Crippen molar-refractivity contribution >= 4 is 10.0 Å². The molecule has 0 aromatic heterocycles. The molecule has 1 fully saturated rings. The third kappa shape index (κ3) is 4.21. The molecule has 2 N–H and O–H groups in total. The Morgan fingerprint density at radius 1 is 1.33 bits per heavy atom. The zero-order chi connectivity index (χ0) is 15.7. The van der Waals surface area contributed by atoms with E-state index in [9.17, 15) is 22.3 Å². The molecular weight excluding hydrogens is 300 g/mol. The Morgan fingerprint density at radius 3 is 2.52 bits per heavy atom. The maximum absolute atomic E-state index is 13.1. The number of nitrogens with one attached hydrogen (secondary N) is 1. The van der Waals surface area contributed by atoms with Crippen LogP contribution in [0.15, 0.2) is 23.1 Å². The van der Waals surface area contributed by atoms with Crippen molar-refractivity contribution in [2.75, 3.05) is 6.54 Å². The fourth-order valence-electron chi connectivity index (χ4n) is 2.79. The van der Waals surface area contributed by atoms with Gasteiger partial charge in [0.05, 0.1) is 10.5 Å².